The van der Waals surface area contributed by atoms with Crippen LogP contribution < -0.4 is 5.48 Å². The highest BCUT2D eigenvalue weighted by Crippen LogP contribution is 2.32. The molecule has 1 atom stereocenters. The van der Waals surface area contributed by atoms with Gasteiger partial charge in [-0.25, -0.2) is 18.7 Å². The van der Waals surface area contributed by atoms with Crippen molar-refractivity contribution in [3.05, 3.63) is 58.9 Å². The van der Waals surface area contributed by atoms with Crippen LogP contribution in [0.3, 0.4) is 0 Å². The van der Waals surface area contributed by atoms with E-state index in [1.54, 1.807) is 12.3 Å². The van der Waals surface area contributed by atoms with Gasteiger partial charge in [-0.1, -0.05) is 24.0 Å². The molecule has 0 radical (unpaired) electrons. The highest BCUT2D eigenvalue weighted by Gasteiger charge is 2.44. The number of aliphatic hydroxyl groups is 1. The Morgan fingerprint density at radius 1 is 1.23 bits per heavy atom. The van der Waals surface area contributed by atoms with Gasteiger partial charge in [-0.05, 0) is 37.1 Å². The van der Waals surface area contributed by atoms with Crippen molar-refractivity contribution in [2.75, 3.05) is 32.6 Å². The first kappa shape index (κ1) is 24.9. The number of carbonyl (C=O) groups is 2. The lowest BCUT2D eigenvalue weighted by molar-refractivity contribution is -0.131. The molecule has 186 valence electrons. The number of amides is 2. The van der Waals surface area contributed by atoms with Gasteiger partial charge < -0.3 is 14.7 Å². The molecule has 2 aliphatic heterocycles. The minimum absolute atomic E-state index is 0.0191. The molecule has 1 aromatic carbocycles. The smallest absolute Gasteiger partial charge is 0.328 e. The summed E-state index contributed by atoms with van der Waals surface area (Å²) in [5.74, 6) is 5.08. The average molecular weight is 502 g/mol. The average Bonchev–Trinajstić information content (AvgIpc) is 3.33. The number of rotatable bonds is 7. The zero-order valence-corrected chi connectivity index (χ0v) is 20.3. The third kappa shape index (κ3) is 4.46. The van der Waals surface area contributed by atoms with Crippen LogP contribution in [0.15, 0.2) is 36.5 Å². The highest BCUT2D eigenvalue weighted by atomic mass is 32.2. The standard InChI is InChI=1S/C24H27N3O7S/c1-23(21(29)25-31,35(2,32)33)9-10-26-13-20-11-18(12-27(20)22(26)30)4-3-17-5-7-19(8-6-17)24(14-28)15-34-16-24/h5-8,11-12,28,31H,9-10,13-16H2,1-2H3,(H,25,29). The molecule has 4 rings (SSSR count). The van der Waals surface area contributed by atoms with Crippen molar-refractivity contribution >= 4 is 21.8 Å². The second-order valence-electron chi connectivity index (χ2n) is 9.25. The van der Waals surface area contributed by atoms with Gasteiger partial charge in [0, 0.05) is 35.8 Å². The first-order valence-electron chi connectivity index (χ1n) is 11.0. The largest absolute Gasteiger partial charge is 0.395 e. The van der Waals surface area contributed by atoms with Gasteiger partial charge in [0.05, 0.1) is 31.8 Å². The molecule has 0 aliphatic carbocycles. The Kier molecular flexibility index (Phi) is 6.50. The predicted molar refractivity (Wildman–Crippen MR) is 125 cm³/mol. The quantitative estimate of drug-likeness (QED) is 0.287. The summed E-state index contributed by atoms with van der Waals surface area (Å²) in [7, 11) is -3.84. The molecule has 2 amide bonds. The molecule has 0 spiro atoms. The molecular weight excluding hydrogens is 474 g/mol. The third-order valence-electron chi connectivity index (χ3n) is 6.90. The van der Waals surface area contributed by atoms with E-state index in [0.717, 1.165) is 17.4 Å². The molecule has 2 aromatic rings. The molecule has 1 unspecified atom stereocenters. The normalized spacial score (nSPS) is 18.2. The van der Waals surface area contributed by atoms with Crippen molar-refractivity contribution in [3.8, 4) is 11.8 Å². The number of fused-ring (bicyclic) bond motifs is 1. The molecule has 11 heteroatoms. The molecule has 35 heavy (non-hydrogen) atoms. The van der Waals surface area contributed by atoms with E-state index in [-0.39, 0.29) is 37.6 Å². The van der Waals surface area contributed by atoms with E-state index in [9.17, 15) is 23.1 Å². The van der Waals surface area contributed by atoms with Gasteiger partial charge in [0.1, 0.15) is 0 Å². The van der Waals surface area contributed by atoms with E-state index >= 15 is 0 Å². The van der Waals surface area contributed by atoms with Crippen molar-refractivity contribution in [2.24, 2.45) is 0 Å². The maximum absolute atomic E-state index is 12.8. The van der Waals surface area contributed by atoms with Crippen LogP contribution in [0.2, 0.25) is 0 Å². The van der Waals surface area contributed by atoms with Gasteiger partial charge in [-0.2, -0.15) is 0 Å². The summed E-state index contributed by atoms with van der Waals surface area (Å²) in [6.07, 6.45) is 2.38. The van der Waals surface area contributed by atoms with Gasteiger partial charge in [0.25, 0.3) is 5.91 Å². The Labute approximate surface area is 203 Å². The molecule has 1 fully saturated rings. The number of carbonyl (C=O) groups excluding carboxylic acids is 2. The van der Waals surface area contributed by atoms with Crippen molar-refractivity contribution in [1.29, 1.82) is 0 Å². The van der Waals surface area contributed by atoms with E-state index in [1.807, 2.05) is 24.3 Å². The minimum Gasteiger partial charge on any atom is -0.395 e. The molecule has 3 heterocycles. The van der Waals surface area contributed by atoms with Crippen LogP contribution in [-0.4, -0.2) is 77.5 Å². The maximum atomic E-state index is 12.8. The summed E-state index contributed by atoms with van der Waals surface area (Å²) in [6.45, 7) is 2.52. The lowest BCUT2D eigenvalue weighted by Crippen LogP contribution is -2.50. The summed E-state index contributed by atoms with van der Waals surface area (Å²) in [6, 6.07) is 9.10. The summed E-state index contributed by atoms with van der Waals surface area (Å²) in [5, 5.41) is 18.6. The summed E-state index contributed by atoms with van der Waals surface area (Å²) in [5.41, 5.74) is 4.25. The van der Waals surface area contributed by atoms with Crippen molar-refractivity contribution < 1.29 is 33.1 Å². The fraction of sp³-hybridized carbons (Fsp3) is 0.417. The number of hydrogen-bond donors (Lipinski definition) is 3. The van der Waals surface area contributed by atoms with E-state index in [4.69, 9.17) is 9.94 Å². The number of hydroxylamine groups is 1. The van der Waals surface area contributed by atoms with Crippen LogP contribution in [0.4, 0.5) is 4.79 Å². The van der Waals surface area contributed by atoms with Crippen LogP contribution >= 0.6 is 0 Å². The van der Waals surface area contributed by atoms with E-state index in [2.05, 4.69) is 11.8 Å². The van der Waals surface area contributed by atoms with Crippen molar-refractivity contribution in [1.82, 2.24) is 14.9 Å². The van der Waals surface area contributed by atoms with Gasteiger partial charge in [-0.15, -0.1) is 0 Å². The molecule has 2 aliphatic rings. The Bertz CT molecular complexity index is 1310. The van der Waals surface area contributed by atoms with Crippen LogP contribution in [0.1, 0.15) is 35.7 Å². The van der Waals surface area contributed by atoms with Crippen LogP contribution in [-0.2, 0) is 31.3 Å². The fourth-order valence-electron chi connectivity index (χ4n) is 4.15. The fourth-order valence-corrected chi connectivity index (χ4v) is 4.99. The Morgan fingerprint density at radius 2 is 1.89 bits per heavy atom. The monoisotopic (exact) mass is 501 g/mol. The van der Waals surface area contributed by atoms with Crippen LogP contribution in [0.5, 0.6) is 0 Å². The number of ether oxygens (including phenoxy) is 1. The number of nitrogens with one attached hydrogen (secondary N) is 1. The van der Waals surface area contributed by atoms with Crippen LogP contribution in [0.25, 0.3) is 0 Å². The second-order valence-corrected chi connectivity index (χ2v) is 11.7. The molecular formula is C24H27N3O7S. The Hall–Kier alpha value is -3.17. The zero-order chi connectivity index (χ0) is 25.4. The topological polar surface area (TPSA) is 138 Å². The number of nitrogens with zero attached hydrogens (tertiary/aromatic N) is 2. The first-order chi connectivity index (χ1) is 16.5. The molecule has 1 aromatic heterocycles. The minimum atomic E-state index is -3.84. The van der Waals surface area contributed by atoms with Gasteiger partial charge in [0.15, 0.2) is 14.6 Å². The first-order valence-corrected chi connectivity index (χ1v) is 12.9. The van der Waals surface area contributed by atoms with E-state index in [0.29, 0.717) is 24.5 Å². The zero-order valence-electron chi connectivity index (χ0n) is 19.4. The van der Waals surface area contributed by atoms with Gasteiger partial charge in [-0.3, -0.25) is 14.6 Å². The highest BCUT2D eigenvalue weighted by molar-refractivity contribution is 7.92. The molecule has 1 saturated heterocycles. The summed E-state index contributed by atoms with van der Waals surface area (Å²) < 4.78 is 29.1. The maximum Gasteiger partial charge on any atom is 0.328 e. The molecule has 3 N–H and O–H groups in total. The number of benzene rings is 1. The summed E-state index contributed by atoms with van der Waals surface area (Å²) in [4.78, 5) is 26.2. The molecule has 0 saturated carbocycles. The Balaban J connectivity index is 1.42. The van der Waals surface area contributed by atoms with E-state index in [1.165, 1.54) is 21.9 Å². The van der Waals surface area contributed by atoms with Crippen LogP contribution in [0, 0.1) is 11.8 Å². The predicted octanol–water partition coefficient (Wildman–Crippen LogP) is 0.631. The Morgan fingerprint density at radius 3 is 2.40 bits per heavy atom. The number of aliphatic hydroxyl groups excluding tert-OH is 1. The van der Waals surface area contributed by atoms with Crippen molar-refractivity contribution in [3.63, 3.8) is 0 Å². The second kappa shape index (κ2) is 9.13. The summed E-state index contributed by atoms with van der Waals surface area (Å²) >= 11 is 0. The third-order valence-corrected chi connectivity index (χ3v) is 8.92. The van der Waals surface area contributed by atoms with E-state index < -0.39 is 20.5 Å². The lowest BCUT2D eigenvalue weighted by Gasteiger charge is -2.40. The number of sulfone groups is 1. The lowest BCUT2D eigenvalue weighted by atomic mass is 9.79. The molecule has 10 nitrogen and oxygen atoms in total. The number of aromatic nitrogens is 1. The SMILES string of the molecule is CC(CCN1Cc2cc(C#Cc3ccc(C4(CO)COC4)cc3)cn2C1=O)(C(=O)NO)S(C)(=O)=O. The van der Waals surface area contributed by atoms with Crippen molar-refractivity contribution in [2.45, 2.75) is 30.1 Å². The van der Waals surface area contributed by atoms with Gasteiger partial charge in [0.2, 0.25) is 0 Å². The number of hydrogen-bond acceptors (Lipinski definition) is 7. The molecule has 0 bridgehead atoms. The van der Waals surface area contributed by atoms with Gasteiger partial charge >= 0.3 is 6.03 Å².